The Labute approximate surface area is 206 Å². The average Bonchev–Trinajstić information content (AvgIpc) is 3.47. The van der Waals surface area contributed by atoms with Crippen molar-refractivity contribution < 1.29 is 9.18 Å². The van der Waals surface area contributed by atoms with Gasteiger partial charge in [-0.2, -0.15) is 0 Å². The van der Waals surface area contributed by atoms with Gasteiger partial charge < -0.3 is 9.80 Å². The van der Waals surface area contributed by atoms with Crippen LogP contribution in [0.3, 0.4) is 0 Å². The number of aromatic nitrogens is 2. The van der Waals surface area contributed by atoms with Gasteiger partial charge in [-0.3, -0.25) is 9.69 Å². The third kappa shape index (κ3) is 4.52. The zero-order valence-electron chi connectivity index (χ0n) is 19.8. The normalized spacial score (nSPS) is 23.9. The van der Waals surface area contributed by atoms with Crippen LogP contribution in [-0.2, 0) is 11.2 Å². The molecular weight excluding hydrogens is 453 g/mol. The molecule has 3 aliphatic rings. The van der Waals surface area contributed by atoms with E-state index in [4.69, 9.17) is 11.6 Å². The number of carbonyl (C=O) groups excluding carboxylic acids is 1. The highest BCUT2D eigenvalue weighted by Gasteiger charge is 2.40. The molecule has 34 heavy (non-hydrogen) atoms. The first kappa shape index (κ1) is 23.5. The zero-order valence-corrected chi connectivity index (χ0v) is 20.6. The van der Waals surface area contributed by atoms with E-state index in [0.717, 1.165) is 56.7 Å². The van der Waals surface area contributed by atoms with E-state index < -0.39 is 6.67 Å². The fourth-order valence-corrected chi connectivity index (χ4v) is 6.15. The fraction of sp³-hybridized carbons (Fsp3) is 0.577. The number of hydrogen-bond donors (Lipinski definition) is 0. The number of nitrogens with zero attached hydrogens (tertiary/aromatic N) is 5. The Morgan fingerprint density at radius 3 is 2.62 bits per heavy atom. The first-order valence-corrected chi connectivity index (χ1v) is 12.9. The number of likely N-dealkylation sites (tertiary alicyclic amines) is 1. The number of fused-ring (bicyclic) bond motifs is 1. The lowest BCUT2D eigenvalue weighted by Gasteiger charge is -2.40. The number of halogens is 2. The van der Waals surface area contributed by atoms with E-state index in [1.54, 1.807) is 6.33 Å². The minimum absolute atomic E-state index is 0.0217. The van der Waals surface area contributed by atoms with E-state index >= 15 is 0 Å². The van der Waals surface area contributed by atoms with Crippen LogP contribution in [0, 0.1) is 0 Å². The molecule has 1 aromatic heterocycles. The highest BCUT2D eigenvalue weighted by molar-refractivity contribution is 6.30. The minimum Gasteiger partial charge on any atom is -0.353 e. The van der Waals surface area contributed by atoms with Crippen molar-refractivity contribution in [3.63, 3.8) is 0 Å². The fourth-order valence-electron chi connectivity index (χ4n) is 6.03. The highest BCUT2D eigenvalue weighted by Crippen LogP contribution is 2.38. The molecule has 5 rings (SSSR count). The molecule has 0 radical (unpaired) electrons. The van der Waals surface area contributed by atoms with Crippen molar-refractivity contribution >= 4 is 23.3 Å². The van der Waals surface area contributed by atoms with Crippen molar-refractivity contribution in [3.05, 3.63) is 52.4 Å². The number of aryl methyl sites for hydroxylation is 1. The molecule has 8 heteroatoms. The number of anilines is 1. The predicted octanol–water partition coefficient (Wildman–Crippen LogP) is 4.05. The van der Waals surface area contributed by atoms with Gasteiger partial charge >= 0.3 is 0 Å². The van der Waals surface area contributed by atoms with Crippen LogP contribution in [-0.4, -0.2) is 77.7 Å². The van der Waals surface area contributed by atoms with Crippen LogP contribution in [0.4, 0.5) is 10.2 Å². The molecule has 182 valence electrons. The van der Waals surface area contributed by atoms with Crippen molar-refractivity contribution in [2.45, 2.75) is 50.5 Å². The Balaban J connectivity index is 1.34. The molecule has 3 atom stereocenters. The highest BCUT2D eigenvalue weighted by atomic mass is 35.5. The SMILES string of the molecule is C[C@@H]1CCc2ncnc(N3CCN(C(=O)[C@@H](c4ccc(Cl)cc4)[C@@H]4CCCN4CCF)CC3)c21. The molecule has 0 spiro atoms. The molecule has 0 bridgehead atoms. The van der Waals surface area contributed by atoms with E-state index in [2.05, 4.69) is 26.7 Å². The first-order valence-electron chi connectivity index (χ1n) is 12.5. The van der Waals surface area contributed by atoms with E-state index in [9.17, 15) is 9.18 Å². The van der Waals surface area contributed by atoms with Gasteiger partial charge in [0.1, 0.15) is 18.8 Å². The van der Waals surface area contributed by atoms with Gasteiger partial charge in [-0.15, -0.1) is 0 Å². The van der Waals surface area contributed by atoms with Gasteiger partial charge in [-0.1, -0.05) is 30.7 Å². The molecular formula is C26H33ClFN5O. The summed E-state index contributed by atoms with van der Waals surface area (Å²) >= 11 is 6.14. The number of piperazine rings is 1. The van der Waals surface area contributed by atoms with Crippen LogP contribution < -0.4 is 4.90 Å². The van der Waals surface area contributed by atoms with E-state index in [0.29, 0.717) is 30.6 Å². The lowest BCUT2D eigenvalue weighted by molar-refractivity contribution is -0.134. The maximum atomic E-state index is 13.9. The lowest BCUT2D eigenvalue weighted by Crippen LogP contribution is -2.52. The summed E-state index contributed by atoms with van der Waals surface area (Å²) in [6.07, 6.45) is 5.72. The molecule has 3 heterocycles. The second-order valence-electron chi connectivity index (χ2n) is 9.77. The third-order valence-corrected chi connectivity index (χ3v) is 8.06. The van der Waals surface area contributed by atoms with Gasteiger partial charge in [0, 0.05) is 55.0 Å². The second-order valence-corrected chi connectivity index (χ2v) is 10.2. The van der Waals surface area contributed by atoms with Gasteiger partial charge in [0.15, 0.2) is 0 Å². The van der Waals surface area contributed by atoms with Crippen molar-refractivity contribution in [3.8, 4) is 0 Å². The Morgan fingerprint density at radius 2 is 1.88 bits per heavy atom. The summed E-state index contributed by atoms with van der Waals surface area (Å²) in [4.78, 5) is 29.5. The Bertz CT molecular complexity index is 1010. The van der Waals surface area contributed by atoms with Gasteiger partial charge in [0.05, 0.1) is 5.92 Å². The predicted molar refractivity (Wildman–Crippen MR) is 132 cm³/mol. The number of hydrogen-bond acceptors (Lipinski definition) is 5. The molecule has 1 aliphatic carbocycles. The van der Waals surface area contributed by atoms with Gasteiger partial charge in [-0.05, 0) is 55.8 Å². The largest absolute Gasteiger partial charge is 0.353 e. The van der Waals surface area contributed by atoms with Crippen LogP contribution in [0.15, 0.2) is 30.6 Å². The van der Waals surface area contributed by atoms with E-state index in [1.165, 1.54) is 11.3 Å². The summed E-state index contributed by atoms with van der Waals surface area (Å²) in [6.45, 7) is 5.92. The zero-order chi connectivity index (χ0) is 23.7. The molecule has 6 nitrogen and oxygen atoms in total. The molecule has 1 amide bonds. The molecule has 2 aromatic rings. The smallest absolute Gasteiger partial charge is 0.231 e. The number of carbonyl (C=O) groups is 1. The van der Waals surface area contributed by atoms with Gasteiger partial charge in [0.2, 0.25) is 5.91 Å². The number of alkyl halides is 1. The van der Waals surface area contributed by atoms with E-state index in [1.807, 2.05) is 29.2 Å². The van der Waals surface area contributed by atoms with Crippen LogP contribution in [0.1, 0.15) is 54.8 Å². The summed E-state index contributed by atoms with van der Waals surface area (Å²) in [5, 5.41) is 0.655. The van der Waals surface area contributed by atoms with E-state index in [-0.39, 0.29) is 17.9 Å². The Kier molecular flexibility index (Phi) is 7.02. The summed E-state index contributed by atoms with van der Waals surface area (Å²) < 4.78 is 13.2. The Hall–Kier alpha value is -2.25. The van der Waals surface area contributed by atoms with Crippen molar-refractivity contribution in [2.75, 3.05) is 50.8 Å². The summed E-state index contributed by atoms with van der Waals surface area (Å²) in [5.74, 6) is 1.35. The first-order chi connectivity index (χ1) is 16.6. The molecule has 2 aliphatic heterocycles. The maximum Gasteiger partial charge on any atom is 0.231 e. The van der Waals surface area contributed by atoms with Gasteiger partial charge in [0.25, 0.3) is 0 Å². The summed E-state index contributed by atoms with van der Waals surface area (Å²) in [7, 11) is 0. The van der Waals surface area contributed by atoms with Gasteiger partial charge in [-0.25, -0.2) is 14.4 Å². The topological polar surface area (TPSA) is 52.6 Å². The number of amides is 1. The third-order valence-electron chi connectivity index (χ3n) is 7.81. The number of benzene rings is 1. The minimum atomic E-state index is -0.390. The molecule has 0 saturated carbocycles. The quantitative estimate of drug-likeness (QED) is 0.618. The molecule has 0 N–H and O–H groups in total. The summed E-state index contributed by atoms with van der Waals surface area (Å²) in [6, 6.07) is 7.63. The maximum absolute atomic E-state index is 13.9. The standard InChI is InChI=1S/C26H33ClFN5O/c1-18-4-9-21-23(18)25(30-17-29-21)32-13-15-33(16-14-32)26(34)24(19-5-7-20(27)8-6-19)22-3-2-11-31(22)12-10-28/h5-8,17-18,22,24H,2-4,9-16H2,1H3/t18-,22+,24+/m1/s1. The molecule has 0 unspecified atom stereocenters. The monoisotopic (exact) mass is 485 g/mol. The van der Waals surface area contributed by atoms with Crippen LogP contribution in [0.2, 0.25) is 5.02 Å². The van der Waals surface area contributed by atoms with Crippen LogP contribution in [0.5, 0.6) is 0 Å². The van der Waals surface area contributed by atoms with Crippen LogP contribution >= 0.6 is 11.6 Å². The van der Waals surface area contributed by atoms with Crippen LogP contribution in [0.25, 0.3) is 0 Å². The lowest BCUT2D eigenvalue weighted by atomic mass is 9.88. The average molecular weight is 486 g/mol. The molecule has 1 aromatic carbocycles. The van der Waals surface area contributed by atoms with Crippen molar-refractivity contribution in [1.29, 1.82) is 0 Å². The number of rotatable bonds is 6. The molecule has 2 saturated heterocycles. The van der Waals surface area contributed by atoms with Crippen molar-refractivity contribution in [1.82, 2.24) is 19.8 Å². The van der Waals surface area contributed by atoms with Crippen molar-refractivity contribution in [2.24, 2.45) is 0 Å². The Morgan fingerprint density at radius 1 is 1.12 bits per heavy atom. The second kappa shape index (κ2) is 10.2. The molecule has 2 fully saturated rings. The summed E-state index contributed by atoms with van der Waals surface area (Å²) in [5.41, 5.74) is 3.43.